The summed E-state index contributed by atoms with van der Waals surface area (Å²) in [5.41, 5.74) is -0.997. The van der Waals surface area contributed by atoms with Gasteiger partial charge in [0.05, 0.1) is 12.7 Å². The third-order valence-electron chi connectivity index (χ3n) is 2.60. The summed E-state index contributed by atoms with van der Waals surface area (Å²) in [7, 11) is 1.62. The van der Waals surface area contributed by atoms with Crippen molar-refractivity contribution in [3.8, 4) is 0 Å². The van der Waals surface area contributed by atoms with Crippen LogP contribution in [0.3, 0.4) is 0 Å². The molecule has 2 unspecified atom stereocenters. The number of carboxylic acids is 1. The Hall–Kier alpha value is -0.610. The van der Waals surface area contributed by atoms with E-state index in [9.17, 15) is 4.79 Å². The molecule has 0 rings (SSSR count). The lowest BCUT2D eigenvalue weighted by atomic mass is 10.0. The second kappa shape index (κ2) is 5.32. The molecule has 0 aliphatic rings. The predicted octanol–water partition coefficient (Wildman–Crippen LogP) is 1.11. The minimum Gasteiger partial charge on any atom is -0.480 e. The quantitative estimate of drug-likeness (QED) is 0.679. The molecule has 0 aliphatic carbocycles. The molecule has 14 heavy (non-hydrogen) atoms. The number of carboxylic acid groups (broad SMARTS) is 1. The van der Waals surface area contributed by atoms with Crippen LogP contribution in [0.2, 0.25) is 0 Å². The van der Waals surface area contributed by atoms with E-state index in [4.69, 9.17) is 9.84 Å². The molecular weight excluding hydrogens is 182 g/mol. The first kappa shape index (κ1) is 13.4. The minimum atomic E-state index is -0.997. The van der Waals surface area contributed by atoms with Gasteiger partial charge in [-0.15, -0.1) is 0 Å². The van der Waals surface area contributed by atoms with E-state index in [2.05, 4.69) is 5.32 Å². The fraction of sp³-hybridized carbons (Fsp3) is 0.900. The van der Waals surface area contributed by atoms with Gasteiger partial charge in [0.2, 0.25) is 0 Å². The summed E-state index contributed by atoms with van der Waals surface area (Å²) in [6.07, 6.45) is 0.0713. The molecule has 0 heterocycles. The van der Waals surface area contributed by atoms with Gasteiger partial charge in [-0.3, -0.25) is 4.79 Å². The van der Waals surface area contributed by atoms with Gasteiger partial charge in [-0.25, -0.2) is 0 Å². The van der Waals surface area contributed by atoms with Crippen molar-refractivity contribution in [2.75, 3.05) is 13.7 Å². The summed E-state index contributed by atoms with van der Waals surface area (Å²) >= 11 is 0. The molecule has 0 aliphatic heterocycles. The number of hydrogen-bond donors (Lipinski definition) is 2. The van der Waals surface area contributed by atoms with Gasteiger partial charge in [-0.2, -0.15) is 0 Å². The molecule has 2 atom stereocenters. The monoisotopic (exact) mass is 203 g/mol. The molecule has 0 spiro atoms. The van der Waals surface area contributed by atoms with Crippen LogP contribution in [-0.4, -0.2) is 36.4 Å². The Morgan fingerprint density at radius 1 is 1.50 bits per heavy atom. The molecule has 0 aromatic carbocycles. The van der Waals surface area contributed by atoms with E-state index in [0.717, 1.165) is 0 Å². The average molecular weight is 203 g/mol. The Morgan fingerprint density at radius 3 is 2.29 bits per heavy atom. The number of likely N-dealkylation sites (N-methyl/N-ethyl adjacent to an activating group) is 1. The summed E-state index contributed by atoms with van der Waals surface area (Å²) in [6.45, 7) is 7.83. The van der Waals surface area contributed by atoms with Crippen LogP contribution in [0.25, 0.3) is 0 Å². The van der Waals surface area contributed by atoms with Crippen LogP contribution >= 0.6 is 0 Å². The van der Waals surface area contributed by atoms with Crippen molar-refractivity contribution in [1.29, 1.82) is 0 Å². The maximum atomic E-state index is 10.9. The van der Waals surface area contributed by atoms with E-state index < -0.39 is 11.5 Å². The van der Waals surface area contributed by atoms with Crippen LogP contribution in [0.1, 0.15) is 27.7 Å². The lowest BCUT2D eigenvalue weighted by molar-refractivity contribution is -0.147. The second-order valence-corrected chi connectivity index (χ2v) is 4.15. The van der Waals surface area contributed by atoms with E-state index in [1.807, 2.05) is 20.8 Å². The topological polar surface area (TPSA) is 58.6 Å². The molecular formula is C10H21NO3. The van der Waals surface area contributed by atoms with E-state index in [-0.39, 0.29) is 12.7 Å². The third kappa shape index (κ3) is 3.64. The second-order valence-electron chi connectivity index (χ2n) is 4.15. The van der Waals surface area contributed by atoms with Gasteiger partial charge < -0.3 is 15.2 Å². The van der Waals surface area contributed by atoms with Crippen molar-refractivity contribution < 1.29 is 14.6 Å². The zero-order valence-electron chi connectivity index (χ0n) is 9.63. The molecule has 0 aromatic rings. The van der Waals surface area contributed by atoms with E-state index >= 15 is 0 Å². The highest BCUT2D eigenvalue weighted by molar-refractivity contribution is 5.78. The molecule has 0 amide bonds. The van der Waals surface area contributed by atoms with Crippen LogP contribution in [-0.2, 0) is 9.53 Å². The van der Waals surface area contributed by atoms with Crippen LogP contribution in [0.15, 0.2) is 0 Å². The van der Waals surface area contributed by atoms with Crippen molar-refractivity contribution in [2.45, 2.75) is 39.3 Å². The maximum Gasteiger partial charge on any atom is 0.326 e. The largest absolute Gasteiger partial charge is 0.480 e. The summed E-state index contributed by atoms with van der Waals surface area (Å²) < 4.78 is 5.48. The summed E-state index contributed by atoms with van der Waals surface area (Å²) in [4.78, 5) is 10.9. The number of carbonyl (C=O) groups is 1. The number of aliphatic carboxylic acids is 1. The van der Waals surface area contributed by atoms with Crippen molar-refractivity contribution in [3.05, 3.63) is 0 Å². The SMILES string of the molecule is CNC(C)(COC(C)C(C)C)C(=O)O. The first-order valence-corrected chi connectivity index (χ1v) is 4.87. The first-order valence-electron chi connectivity index (χ1n) is 4.87. The molecule has 0 aromatic heterocycles. The summed E-state index contributed by atoms with van der Waals surface area (Å²) in [5.74, 6) is -0.499. The van der Waals surface area contributed by atoms with Gasteiger partial charge in [-0.05, 0) is 26.8 Å². The Balaban J connectivity index is 4.15. The molecule has 0 bridgehead atoms. The third-order valence-corrected chi connectivity index (χ3v) is 2.60. The van der Waals surface area contributed by atoms with Crippen LogP contribution < -0.4 is 5.32 Å². The van der Waals surface area contributed by atoms with Crippen LogP contribution in [0.5, 0.6) is 0 Å². The van der Waals surface area contributed by atoms with Crippen LogP contribution in [0, 0.1) is 5.92 Å². The van der Waals surface area contributed by atoms with Gasteiger partial charge in [0.1, 0.15) is 5.54 Å². The Labute approximate surface area is 85.6 Å². The molecule has 0 fully saturated rings. The molecule has 0 radical (unpaired) electrons. The van der Waals surface area contributed by atoms with E-state index in [1.165, 1.54) is 0 Å². The first-order chi connectivity index (χ1) is 6.33. The summed E-state index contributed by atoms with van der Waals surface area (Å²) in [6, 6.07) is 0. The van der Waals surface area contributed by atoms with Gasteiger partial charge in [0.25, 0.3) is 0 Å². The molecule has 4 heteroatoms. The lowest BCUT2D eigenvalue weighted by Crippen LogP contribution is -2.52. The molecule has 84 valence electrons. The average Bonchev–Trinajstić information content (AvgIpc) is 2.12. The Morgan fingerprint density at radius 2 is 2.00 bits per heavy atom. The van der Waals surface area contributed by atoms with Crippen molar-refractivity contribution in [3.63, 3.8) is 0 Å². The normalized spacial score (nSPS) is 17.9. The van der Waals surface area contributed by atoms with Crippen molar-refractivity contribution in [1.82, 2.24) is 5.32 Å². The standard InChI is InChI=1S/C10H21NO3/c1-7(2)8(3)14-6-10(4,11-5)9(12)13/h7-8,11H,6H2,1-5H3,(H,12,13). The zero-order chi connectivity index (χ0) is 11.4. The van der Waals surface area contributed by atoms with E-state index in [1.54, 1.807) is 14.0 Å². The Kier molecular flexibility index (Phi) is 5.08. The molecule has 0 saturated carbocycles. The number of hydrogen-bond acceptors (Lipinski definition) is 3. The number of rotatable bonds is 6. The Bertz CT molecular complexity index is 194. The highest BCUT2D eigenvalue weighted by Gasteiger charge is 2.32. The predicted molar refractivity (Wildman–Crippen MR) is 55.4 cm³/mol. The fourth-order valence-corrected chi connectivity index (χ4v) is 0.731. The molecule has 2 N–H and O–H groups in total. The maximum absolute atomic E-state index is 10.9. The highest BCUT2D eigenvalue weighted by atomic mass is 16.5. The van der Waals surface area contributed by atoms with Gasteiger partial charge in [0, 0.05) is 0 Å². The number of nitrogens with one attached hydrogen (secondary N) is 1. The minimum absolute atomic E-state index is 0.0713. The summed E-state index contributed by atoms with van der Waals surface area (Å²) in [5, 5.41) is 11.7. The van der Waals surface area contributed by atoms with Crippen molar-refractivity contribution in [2.24, 2.45) is 5.92 Å². The molecule has 4 nitrogen and oxygen atoms in total. The smallest absolute Gasteiger partial charge is 0.326 e. The van der Waals surface area contributed by atoms with Gasteiger partial charge in [0.15, 0.2) is 0 Å². The molecule has 0 saturated heterocycles. The van der Waals surface area contributed by atoms with Crippen LogP contribution in [0.4, 0.5) is 0 Å². The van der Waals surface area contributed by atoms with Crippen molar-refractivity contribution >= 4 is 5.97 Å². The fourth-order valence-electron chi connectivity index (χ4n) is 0.731. The zero-order valence-corrected chi connectivity index (χ0v) is 9.63. The number of ether oxygens (including phenoxy) is 1. The lowest BCUT2D eigenvalue weighted by Gasteiger charge is -2.27. The highest BCUT2D eigenvalue weighted by Crippen LogP contribution is 2.10. The van der Waals surface area contributed by atoms with Gasteiger partial charge in [-0.1, -0.05) is 13.8 Å². The van der Waals surface area contributed by atoms with E-state index in [0.29, 0.717) is 5.92 Å². The van der Waals surface area contributed by atoms with Gasteiger partial charge >= 0.3 is 5.97 Å².